The molecule has 1 aromatic heterocycles. The lowest BCUT2D eigenvalue weighted by Gasteiger charge is -2.43. The fourth-order valence-corrected chi connectivity index (χ4v) is 7.12. The van der Waals surface area contributed by atoms with Crippen molar-refractivity contribution in [3.05, 3.63) is 47.8 Å². The molecule has 0 radical (unpaired) electrons. The molecule has 2 N–H and O–H groups in total. The molecule has 0 saturated carbocycles. The molecular formula is C24H27F6N5O5S. The Kier molecular flexibility index (Phi) is 8.71. The summed E-state index contributed by atoms with van der Waals surface area (Å²) in [5.74, 6) is -0.828. The number of nitrogens with one attached hydrogen (secondary N) is 1. The van der Waals surface area contributed by atoms with Crippen molar-refractivity contribution in [1.82, 2.24) is 19.8 Å². The molecule has 1 aromatic carbocycles. The molecule has 0 atom stereocenters. The van der Waals surface area contributed by atoms with Crippen molar-refractivity contribution in [2.45, 2.75) is 55.3 Å². The van der Waals surface area contributed by atoms with E-state index in [4.69, 9.17) is 4.74 Å². The van der Waals surface area contributed by atoms with Crippen LogP contribution in [0.25, 0.3) is 0 Å². The Morgan fingerprint density at radius 1 is 1.00 bits per heavy atom. The van der Waals surface area contributed by atoms with Crippen LogP contribution >= 0.6 is 0 Å². The smallest absolute Gasteiger partial charge is 0.416 e. The van der Waals surface area contributed by atoms with Gasteiger partial charge in [0.15, 0.2) is 4.75 Å². The van der Waals surface area contributed by atoms with E-state index in [0.717, 1.165) is 28.8 Å². The first-order chi connectivity index (χ1) is 19.1. The van der Waals surface area contributed by atoms with Crippen LogP contribution in [0.3, 0.4) is 0 Å². The van der Waals surface area contributed by atoms with Gasteiger partial charge in [-0.15, -0.1) is 0 Å². The summed E-state index contributed by atoms with van der Waals surface area (Å²) in [5.41, 5.74) is 0.492. The predicted molar refractivity (Wildman–Crippen MR) is 131 cm³/mol. The van der Waals surface area contributed by atoms with Crippen LogP contribution in [0.15, 0.2) is 36.7 Å². The van der Waals surface area contributed by atoms with Crippen molar-refractivity contribution >= 4 is 21.9 Å². The molecule has 2 aliphatic rings. The molecule has 3 heterocycles. The summed E-state index contributed by atoms with van der Waals surface area (Å²) in [6, 6.07) is 4.16. The van der Waals surface area contributed by atoms with E-state index >= 15 is 0 Å². The molecule has 2 saturated heterocycles. The van der Waals surface area contributed by atoms with Gasteiger partial charge in [0, 0.05) is 38.6 Å². The molecule has 2 aliphatic heterocycles. The number of benzene rings is 1. The first-order valence-corrected chi connectivity index (χ1v) is 14.0. The maximum atomic E-state index is 13.7. The van der Waals surface area contributed by atoms with Crippen LogP contribution in [0, 0.1) is 0 Å². The minimum atomic E-state index is -4.49. The topological polar surface area (TPSA) is 125 Å². The minimum absolute atomic E-state index is 0.0262. The Labute approximate surface area is 231 Å². The van der Waals surface area contributed by atoms with E-state index in [0.29, 0.717) is 0 Å². The minimum Gasteiger partial charge on any atom is -0.490 e. The van der Waals surface area contributed by atoms with Gasteiger partial charge < -0.3 is 9.64 Å². The van der Waals surface area contributed by atoms with Gasteiger partial charge in [0.1, 0.15) is 11.9 Å². The van der Waals surface area contributed by atoms with Gasteiger partial charge in [-0.05, 0) is 55.5 Å². The fraction of sp³-hybridized carbons (Fsp3) is 0.542. The molecule has 41 heavy (non-hydrogen) atoms. The molecule has 1 amide bonds. The molecule has 17 heteroatoms. The molecule has 2 aromatic rings. The number of sulfonamides is 1. The third-order valence-electron chi connectivity index (χ3n) is 7.18. The van der Waals surface area contributed by atoms with E-state index in [1.165, 1.54) is 17.6 Å². The highest BCUT2D eigenvalue weighted by Crippen LogP contribution is 2.37. The molecule has 0 aliphatic carbocycles. The zero-order valence-electron chi connectivity index (χ0n) is 21.5. The molecule has 0 bridgehead atoms. The number of ether oxygens (including phenoxy) is 1. The highest BCUT2D eigenvalue weighted by Gasteiger charge is 2.55. The summed E-state index contributed by atoms with van der Waals surface area (Å²) in [5, 5.41) is 9.39. The number of nitrogens with zero attached hydrogens (tertiary/aromatic N) is 4. The maximum Gasteiger partial charge on any atom is 0.416 e. The van der Waals surface area contributed by atoms with E-state index in [-0.39, 0.29) is 69.1 Å². The van der Waals surface area contributed by atoms with Gasteiger partial charge in [-0.2, -0.15) is 26.3 Å². The lowest BCUT2D eigenvalue weighted by Crippen LogP contribution is -2.62. The third kappa shape index (κ3) is 6.83. The van der Waals surface area contributed by atoms with Crippen LogP contribution in [-0.2, 0) is 27.4 Å². The van der Waals surface area contributed by atoms with E-state index < -0.39 is 51.1 Å². The number of carbonyl (C=O) groups is 1. The molecular weight excluding hydrogens is 584 g/mol. The van der Waals surface area contributed by atoms with Crippen LogP contribution in [0.2, 0.25) is 0 Å². The van der Waals surface area contributed by atoms with Gasteiger partial charge in [-0.3, -0.25) is 10.0 Å². The van der Waals surface area contributed by atoms with Gasteiger partial charge in [0.25, 0.3) is 5.91 Å². The van der Waals surface area contributed by atoms with Crippen molar-refractivity contribution < 1.29 is 49.5 Å². The zero-order valence-corrected chi connectivity index (χ0v) is 22.3. The van der Waals surface area contributed by atoms with Crippen LogP contribution in [0.1, 0.15) is 36.8 Å². The van der Waals surface area contributed by atoms with Crippen molar-refractivity contribution in [3.8, 4) is 5.75 Å². The Morgan fingerprint density at radius 3 is 2.05 bits per heavy atom. The van der Waals surface area contributed by atoms with Gasteiger partial charge >= 0.3 is 12.4 Å². The number of amides is 1. The van der Waals surface area contributed by atoms with Crippen LogP contribution in [-0.4, -0.2) is 77.0 Å². The summed E-state index contributed by atoms with van der Waals surface area (Å²) in [6.45, 7) is -0.110. The van der Waals surface area contributed by atoms with Crippen molar-refractivity contribution in [1.29, 1.82) is 0 Å². The first-order valence-electron chi connectivity index (χ1n) is 12.6. The number of aromatic nitrogens is 2. The lowest BCUT2D eigenvalue weighted by molar-refractivity contribution is -0.137. The number of anilines is 1. The highest BCUT2D eigenvalue weighted by atomic mass is 32.2. The summed E-state index contributed by atoms with van der Waals surface area (Å²) in [7, 11) is -4.32. The number of hydrogen-bond donors (Lipinski definition) is 2. The lowest BCUT2D eigenvalue weighted by atomic mass is 9.95. The molecule has 0 spiro atoms. The monoisotopic (exact) mass is 611 g/mol. The van der Waals surface area contributed by atoms with Gasteiger partial charge in [0.2, 0.25) is 16.0 Å². The van der Waals surface area contributed by atoms with E-state index in [9.17, 15) is 44.8 Å². The van der Waals surface area contributed by atoms with Crippen LogP contribution < -0.4 is 15.1 Å². The SMILES string of the molecule is O=C(NO)C1(S(=O)(=O)N2CCC(Oc3ccc(C(F)(F)F)cc3)CC2)CCN(c2ncc(CC(F)(F)F)cn2)CC1. The van der Waals surface area contributed by atoms with Crippen LogP contribution in [0.4, 0.5) is 32.3 Å². The maximum absolute atomic E-state index is 13.7. The Bertz CT molecular complexity index is 1310. The average Bonchev–Trinajstić information content (AvgIpc) is 2.92. The van der Waals surface area contributed by atoms with Gasteiger partial charge in [0.05, 0.1) is 12.0 Å². The number of hydrogen-bond acceptors (Lipinski definition) is 8. The van der Waals surface area contributed by atoms with Crippen LogP contribution in [0.5, 0.6) is 5.75 Å². The Hall–Kier alpha value is -3.18. The summed E-state index contributed by atoms with van der Waals surface area (Å²) >= 11 is 0. The van der Waals surface area contributed by atoms with Gasteiger partial charge in [-0.25, -0.2) is 28.2 Å². The molecule has 2 fully saturated rings. The molecule has 10 nitrogen and oxygen atoms in total. The number of rotatable bonds is 7. The summed E-state index contributed by atoms with van der Waals surface area (Å²) in [4.78, 5) is 22.2. The molecule has 0 unspecified atom stereocenters. The quantitative estimate of drug-likeness (QED) is 0.278. The second-order valence-corrected chi connectivity index (χ2v) is 12.1. The normalized spacial score (nSPS) is 19.1. The number of hydroxylamine groups is 1. The van der Waals surface area contributed by atoms with E-state index in [1.807, 2.05) is 0 Å². The Morgan fingerprint density at radius 2 is 1.56 bits per heavy atom. The largest absolute Gasteiger partial charge is 0.490 e. The number of piperidine rings is 2. The van der Waals surface area contributed by atoms with Crippen molar-refractivity contribution in [2.24, 2.45) is 0 Å². The van der Waals surface area contributed by atoms with Crippen molar-refractivity contribution in [2.75, 3.05) is 31.1 Å². The zero-order chi connectivity index (χ0) is 30.1. The average molecular weight is 612 g/mol. The third-order valence-corrected chi connectivity index (χ3v) is 9.81. The fourth-order valence-electron chi connectivity index (χ4n) is 4.96. The number of carbonyl (C=O) groups excluding carboxylic acids is 1. The predicted octanol–water partition coefficient (Wildman–Crippen LogP) is 3.32. The second kappa shape index (κ2) is 11.6. The van der Waals surface area contributed by atoms with E-state index in [2.05, 4.69) is 9.97 Å². The van der Waals surface area contributed by atoms with Crippen molar-refractivity contribution in [3.63, 3.8) is 0 Å². The molecule has 4 rings (SSSR count). The number of alkyl halides is 6. The number of halogens is 6. The Balaban J connectivity index is 1.40. The summed E-state index contributed by atoms with van der Waals surface area (Å²) in [6.07, 6.45) is -8.60. The standard InChI is InChI=1S/C24H27F6N5O5S/c25-23(26,27)13-16-14-31-21(32-15-16)34-11-7-22(8-12-34,20(36)33-37)41(38,39)35-9-5-19(6-10-35)40-18-3-1-17(2-4-18)24(28,29)30/h1-4,14-15,19,37H,5-13H2,(H,33,36). The second-order valence-electron chi connectivity index (χ2n) is 9.85. The first kappa shape index (κ1) is 30.8. The highest BCUT2D eigenvalue weighted by molar-refractivity contribution is 7.91. The van der Waals surface area contributed by atoms with E-state index in [1.54, 1.807) is 4.90 Å². The summed E-state index contributed by atoms with van der Waals surface area (Å²) < 4.78 is 108. The molecule has 226 valence electrons. The van der Waals surface area contributed by atoms with Gasteiger partial charge in [-0.1, -0.05) is 0 Å².